The Bertz CT molecular complexity index is 64.1. The van der Waals surface area contributed by atoms with Gasteiger partial charge in [-0.3, -0.25) is 0 Å². The largest absolute Gasteiger partial charge is 0.182 e. The van der Waals surface area contributed by atoms with Crippen LogP contribution in [-0.2, 0) is 0 Å². The first-order chi connectivity index (χ1) is 3.21. The van der Waals surface area contributed by atoms with Crippen molar-refractivity contribution in [3.05, 3.63) is 0 Å². The first-order valence-electron chi connectivity index (χ1n) is 2.53. The Hall–Kier alpha value is -0.120. The number of rotatable bonds is 0. The van der Waals surface area contributed by atoms with Gasteiger partial charge in [0.05, 0.1) is 0 Å². The summed E-state index contributed by atoms with van der Waals surface area (Å²) in [5.41, 5.74) is 0. The van der Waals surface area contributed by atoms with Gasteiger partial charge in [0.2, 0.25) is 0 Å². The minimum absolute atomic E-state index is 0.500. The first-order valence-corrected chi connectivity index (χ1v) is 2.53. The van der Waals surface area contributed by atoms with Gasteiger partial charge in [-0.2, -0.15) is 10.4 Å². The van der Waals surface area contributed by atoms with Crippen molar-refractivity contribution in [1.82, 2.24) is 0 Å². The summed E-state index contributed by atoms with van der Waals surface area (Å²) in [5, 5.41) is 17.4. The molecule has 0 spiro atoms. The molecule has 7 heavy (non-hydrogen) atoms. The van der Waals surface area contributed by atoms with Crippen LogP contribution < -0.4 is 0 Å². The van der Waals surface area contributed by atoms with Gasteiger partial charge < -0.3 is 0 Å². The molecule has 3 nitrogen and oxygen atoms in total. The van der Waals surface area contributed by atoms with Gasteiger partial charge in [-0.25, -0.2) is 0 Å². The second kappa shape index (κ2) is 1.43. The Morgan fingerprint density at radius 3 is 1.57 bits per heavy atom. The van der Waals surface area contributed by atoms with Gasteiger partial charge in [-0.15, -0.1) is 0 Å². The fourth-order valence-corrected chi connectivity index (χ4v) is 0.842. The zero-order valence-electron chi connectivity index (χ0n) is 4.17. The molecular weight excluding hydrogens is 94.0 g/mol. The predicted octanol–water partition coefficient (Wildman–Crippen LogP) is 0.375. The first kappa shape index (κ1) is 5.03. The summed E-state index contributed by atoms with van der Waals surface area (Å²) in [4.78, 5) is -0.750. The average molecular weight is 104 g/mol. The number of nitrogens with zero attached hydrogens (tertiary/aromatic N) is 1. The van der Waals surface area contributed by atoms with Gasteiger partial charge in [0.25, 0.3) is 0 Å². The van der Waals surface area contributed by atoms with E-state index in [1.165, 1.54) is 0 Å². The molecule has 1 rings (SSSR count). The lowest BCUT2D eigenvalue weighted by molar-refractivity contribution is -1.24. The van der Waals surface area contributed by atoms with Gasteiger partial charge in [0.1, 0.15) is 13.1 Å². The molecule has 0 aliphatic carbocycles. The molecule has 0 aromatic heterocycles. The van der Waals surface area contributed by atoms with Crippen LogP contribution in [0.25, 0.3) is 0 Å². The van der Waals surface area contributed by atoms with Crippen molar-refractivity contribution in [2.24, 2.45) is 0 Å². The van der Waals surface area contributed by atoms with E-state index in [4.69, 9.17) is 10.4 Å². The Balaban J connectivity index is 2.40. The van der Waals surface area contributed by atoms with Crippen LogP contribution in [-0.4, -0.2) is 28.3 Å². The zero-order chi connectivity index (χ0) is 5.33. The maximum atomic E-state index is 8.69. The predicted molar refractivity (Wildman–Crippen MR) is 22.8 cm³/mol. The number of hydrogen-bond acceptors (Lipinski definition) is 2. The molecule has 1 aliphatic heterocycles. The van der Waals surface area contributed by atoms with Crippen LogP contribution in [0.5, 0.6) is 0 Å². The molecule has 0 bridgehead atoms. The SMILES string of the molecule is O[N+]1(O)CCCC1. The van der Waals surface area contributed by atoms with E-state index >= 15 is 0 Å². The van der Waals surface area contributed by atoms with E-state index in [-0.39, 0.29) is 0 Å². The van der Waals surface area contributed by atoms with E-state index in [9.17, 15) is 0 Å². The van der Waals surface area contributed by atoms with Crippen molar-refractivity contribution < 1.29 is 15.2 Å². The Labute approximate surface area is 42.3 Å². The summed E-state index contributed by atoms with van der Waals surface area (Å²) < 4.78 is 0. The molecule has 3 heteroatoms. The lowest BCUT2D eigenvalue weighted by Crippen LogP contribution is -2.37. The van der Waals surface area contributed by atoms with Gasteiger partial charge in [-0.05, 0) is 4.81 Å². The van der Waals surface area contributed by atoms with Crippen LogP contribution in [0.15, 0.2) is 0 Å². The molecule has 0 atom stereocenters. The van der Waals surface area contributed by atoms with Crippen LogP contribution in [0.1, 0.15) is 12.8 Å². The molecule has 0 radical (unpaired) electrons. The lowest BCUT2D eigenvalue weighted by Gasteiger charge is -2.11. The maximum absolute atomic E-state index is 8.69. The summed E-state index contributed by atoms with van der Waals surface area (Å²) in [6.07, 6.45) is 1.88. The molecule has 42 valence electrons. The van der Waals surface area contributed by atoms with Gasteiger partial charge in [0, 0.05) is 12.8 Å². The molecule has 1 fully saturated rings. The zero-order valence-corrected chi connectivity index (χ0v) is 4.17. The van der Waals surface area contributed by atoms with Gasteiger partial charge in [0.15, 0.2) is 0 Å². The highest BCUT2D eigenvalue weighted by atomic mass is 16.8. The van der Waals surface area contributed by atoms with Crippen molar-refractivity contribution in [1.29, 1.82) is 0 Å². The van der Waals surface area contributed by atoms with Crippen molar-refractivity contribution in [3.63, 3.8) is 0 Å². The highest BCUT2D eigenvalue weighted by Gasteiger charge is 2.27. The second-order valence-electron chi connectivity index (χ2n) is 2.03. The van der Waals surface area contributed by atoms with Crippen LogP contribution in [0.2, 0.25) is 0 Å². The van der Waals surface area contributed by atoms with Crippen LogP contribution in [0.3, 0.4) is 0 Å². The molecule has 1 heterocycles. The molecule has 0 unspecified atom stereocenters. The second-order valence-corrected chi connectivity index (χ2v) is 2.03. The molecule has 1 aliphatic rings. The third-order valence-electron chi connectivity index (χ3n) is 1.28. The maximum Gasteiger partial charge on any atom is 0.142 e. The lowest BCUT2D eigenvalue weighted by atomic mass is 10.4. The Kier molecular flexibility index (Phi) is 1.03. The molecule has 1 saturated heterocycles. The number of hydrogen-bond donors (Lipinski definition) is 2. The monoisotopic (exact) mass is 104 g/mol. The molecule has 0 amide bonds. The Morgan fingerprint density at radius 1 is 1.00 bits per heavy atom. The molecular formula is C4H10NO2+. The van der Waals surface area contributed by atoms with Crippen molar-refractivity contribution in [2.45, 2.75) is 12.8 Å². The summed E-state index contributed by atoms with van der Waals surface area (Å²) in [5.74, 6) is 0. The summed E-state index contributed by atoms with van der Waals surface area (Å²) in [6.45, 7) is 1.00. The average Bonchev–Trinajstić information content (AvgIpc) is 1.84. The van der Waals surface area contributed by atoms with E-state index in [1.54, 1.807) is 0 Å². The third-order valence-corrected chi connectivity index (χ3v) is 1.28. The van der Waals surface area contributed by atoms with Crippen molar-refractivity contribution in [3.8, 4) is 0 Å². The highest BCUT2D eigenvalue weighted by molar-refractivity contribution is 4.41. The molecule has 0 aromatic rings. The third kappa shape index (κ3) is 1.12. The topological polar surface area (TPSA) is 40.5 Å². The fraction of sp³-hybridized carbons (Fsp3) is 1.00. The fourth-order valence-electron chi connectivity index (χ4n) is 0.842. The highest BCUT2D eigenvalue weighted by Crippen LogP contribution is 2.10. The van der Waals surface area contributed by atoms with Gasteiger partial charge >= 0.3 is 0 Å². The molecule has 0 aromatic carbocycles. The standard InChI is InChI=1S/C4H10NO2/c6-5(7)3-1-2-4-5/h6-7H,1-4H2/q+1. The van der Waals surface area contributed by atoms with Gasteiger partial charge in [-0.1, -0.05) is 0 Å². The summed E-state index contributed by atoms with van der Waals surface area (Å²) in [7, 11) is 0. The normalized spacial score (nSPS) is 28.3. The Morgan fingerprint density at radius 2 is 1.43 bits per heavy atom. The van der Waals surface area contributed by atoms with Crippen molar-refractivity contribution in [2.75, 3.05) is 13.1 Å². The van der Waals surface area contributed by atoms with E-state index in [0.29, 0.717) is 13.1 Å². The van der Waals surface area contributed by atoms with Crippen LogP contribution in [0.4, 0.5) is 0 Å². The molecule has 0 saturated carbocycles. The number of hydroxylamine groups is 4. The summed E-state index contributed by atoms with van der Waals surface area (Å²) >= 11 is 0. The smallest absolute Gasteiger partial charge is 0.142 e. The minimum atomic E-state index is -0.750. The van der Waals surface area contributed by atoms with E-state index in [0.717, 1.165) is 12.8 Å². The van der Waals surface area contributed by atoms with Crippen LogP contribution >= 0.6 is 0 Å². The van der Waals surface area contributed by atoms with Crippen LogP contribution in [0, 0.1) is 0 Å². The van der Waals surface area contributed by atoms with E-state index < -0.39 is 4.81 Å². The van der Waals surface area contributed by atoms with E-state index in [2.05, 4.69) is 0 Å². The quantitative estimate of drug-likeness (QED) is 0.436. The van der Waals surface area contributed by atoms with Crippen molar-refractivity contribution >= 4 is 0 Å². The molecule has 2 N–H and O–H groups in total. The minimum Gasteiger partial charge on any atom is -0.182 e. The van der Waals surface area contributed by atoms with E-state index in [1.807, 2.05) is 0 Å². The summed E-state index contributed by atoms with van der Waals surface area (Å²) in [6, 6.07) is 0. The number of quaternary nitrogens is 1.